The zero-order valence-electron chi connectivity index (χ0n) is 16.1. The third-order valence-electron chi connectivity index (χ3n) is 4.39. The number of nitrogens with zero attached hydrogens (tertiary/aromatic N) is 2. The van der Waals surface area contributed by atoms with Crippen molar-refractivity contribution in [2.75, 3.05) is 6.61 Å². The highest BCUT2D eigenvalue weighted by Gasteiger charge is 2.04. The maximum absolute atomic E-state index is 12.8. The molecule has 1 aromatic heterocycles. The first-order chi connectivity index (χ1) is 13.7. The van der Waals surface area contributed by atoms with E-state index in [0.29, 0.717) is 18.9 Å². The second-order valence-electron chi connectivity index (χ2n) is 6.78. The van der Waals surface area contributed by atoms with Gasteiger partial charge in [0.2, 0.25) is 0 Å². The molecule has 144 valence electrons. The number of allylic oxidation sites excluding steroid dienone is 1. The molecule has 0 saturated carbocycles. The molecular weight excluding hydrogens is 351 g/mol. The average molecular weight is 376 g/mol. The Kier molecular flexibility index (Phi) is 6.90. The molecule has 0 aliphatic carbocycles. The lowest BCUT2D eigenvalue weighted by Gasteiger charge is -2.06. The van der Waals surface area contributed by atoms with Gasteiger partial charge in [-0.25, -0.2) is 14.4 Å². The number of alkyl halides is 1. The van der Waals surface area contributed by atoms with Crippen LogP contribution in [0.4, 0.5) is 4.39 Å². The summed E-state index contributed by atoms with van der Waals surface area (Å²) in [4.78, 5) is 8.97. The molecule has 0 amide bonds. The lowest BCUT2D eigenvalue weighted by molar-refractivity contribution is 0.335. The van der Waals surface area contributed by atoms with Crippen LogP contribution in [0.1, 0.15) is 31.7 Å². The molecule has 4 heteroatoms. The van der Waals surface area contributed by atoms with Crippen LogP contribution in [0, 0.1) is 0 Å². The summed E-state index contributed by atoms with van der Waals surface area (Å²) < 4.78 is 18.4. The van der Waals surface area contributed by atoms with Crippen molar-refractivity contribution in [2.24, 2.45) is 0 Å². The maximum atomic E-state index is 12.8. The Hall–Kier alpha value is -3.01. The summed E-state index contributed by atoms with van der Waals surface area (Å²) in [6, 6.07) is 12.1. The van der Waals surface area contributed by atoms with Gasteiger partial charge in [0, 0.05) is 23.5 Å². The molecule has 0 spiro atoms. The van der Waals surface area contributed by atoms with Crippen molar-refractivity contribution in [2.45, 2.75) is 32.4 Å². The van der Waals surface area contributed by atoms with Crippen molar-refractivity contribution < 1.29 is 9.13 Å². The molecule has 1 heterocycles. The Morgan fingerprint density at radius 3 is 2.61 bits per heavy atom. The van der Waals surface area contributed by atoms with Crippen molar-refractivity contribution in [3.63, 3.8) is 0 Å². The number of hydrogen-bond donors (Lipinski definition) is 0. The molecule has 0 bridgehead atoms. The zero-order valence-corrected chi connectivity index (χ0v) is 16.1. The maximum Gasteiger partial charge on any atom is 0.159 e. The molecular formula is C24H25FN2O. The Bertz CT molecular complexity index is 948. The Labute approximate surface area is 165 Å². The van der Waals surface area contributed by atoms with Crippen molar-refractivity contribution in [3.8, 4) is 17.1 Å². The number of aromatic nitrogens is 2. The Morgan fingerprint density at radius 2 is 1.86 bits per heavy atom. The van der Waals surface area contributed by atoms with Gasteiger partial charge in [0.05, 0.1) is 6.17 Å². The van der Waals surface area contributed by atoms with Crippen molar-refractivity contribution in [1.82, 2.24) is 9.97 Å². The molecule has 0 N–H and O–H groups in total. The number of ether oxygens (including phenoxy) is 1. The van der Waals surface area contributed by atoms with Crippen LogP contribution in [0.25, 0.3) is 28.2 Å². The topological polar surface area (TPSA) is 35.0 Å². The van der Waals surface area contributed by atoms with Crippen LogP contribution in [0.3, 0.4) is 0 Å². The second kappa shape index (κ2) is 9.79. The quantitative estimate of drug-likeness (QED) is 0.320. The van der Waals surface area contributed by atoms with E-state index in [1.54, 1.807) is 13.0 Å². The summed E-state index contributed by atoms with van der Waals surface area (Å²) >= 11 is 0. The monoisotopic (exact) mass is 376 g/mol. The minimum absolute atomic E-state index is 0.493. The molecule has 2 aromatic carbocycles. The highest BCUT2D eigenvalue weighted by Crippen LogP contribution is 2.25. The van der Waals surface area contributed by atoms with Gasteiger partial charge in [0.25, 0.3) is 0 Å². The van der Waals surface area contributed by atoms with Gasteiger partial charge in [-0.15, -0.1) is 0 Å². The van der Waals surface area contributed by atoms with Crippen LogP contribution < -0.4 is 4.74 Å². The van der Waals surface area contributed by atoms with Crippen LogP contribution in [-0.2, 0) is 0 Å². The fourth-order valence-corrected chi connectivity index (χ4v) is 2.92. The number of halogens is 1. The van der Waals surface area contributed by atoms with Gasteiger partial charge >= 0.3 is 0 Å². The van der Waals surface area contributed by atoms with Crippen molar-refractivity contribution in [1.29, 1.82) is 0 Å². The van der Waals surface area contributed by atoms with E-state index in [-0.39, 0.29) is 0 Å². The third kappa shape index (κ3) is 5.49. The molecule has 3 rings (SSSR count). The molecule has 0 fully saturated rings. The van der Waals surface area contributed by atoms with Gasteiger partial charge in [-0.05, 0) is 55.2 Å². The van der Waals surface area contributed by atoms with E-state index >= 15 is 0 Å². The van der Waals surface area contributed by atoms with Gasteiger partial charge in [-0.3, -0.25) is 0 Å². The number of rotatable bonds is 9. The first-order valence-electron chi connectivity index (χ1n) is 9.56. The first kappa shape index (κ1) is 19.7. The summed E-state index contributed by atoms with van der Waals surface area (Å²) in [6.07, 6.45) is 11.0. The van der Waals surface area contributed by atoms with Crippen molar-refractivity contribution >= 4 is 16.8 Å². The molecule has 0 saturated heterocycles. The smallest absolute Gasteiger partial charge is 0.159 e. The second-order valence-corrected chi connectivity index (χ2v) is 6.78. The first-order valence-corrected chi connectivity index (χ1v) is 9.56. The summed E-state index contributed by atoms with van der Waals surface area (Å²) in [5.74, 6) is 1.52. The standard InChI is InChI=1S/C24H25FN2O/c1-3-13-28-23-12-11-20-14-22(10-9-21(20)15-23)24-26-16-19(17-27-24)8-6-4-5-7-18(2)25/h3,6,8-12,14-18H,1,4-5,7,13H2,2H3. The molecule has 0 aliphatic rings. The predicted octanol–water partition coefficient (Wildman–Crippen LogP) is 6.40. The van der Waals surface area contributed by atoms with Crippen LogP contribution in [0.5, 0.6) is 5.75 Å². The molecule has 1 atom stereocenters. The largest absolute Gasteiger partial charge is 0.490 e. The summed E-state index contributed by atoms with van der Waals surface area (Å²) in [5, 5.41) is 2.21. The van der Waals surface area contributed by atoms with Crippen LogP contribution in [0.15, 0.2) is 67.5 Å². The highest BCUT2D eigenvalue weighted by molar-refractivity contribution is 5.87. The van der Waals surface area contributed by atoms with E-state index in [1.807, 2.05) is 48.8 Å². The number of hydrogen-bond acceptors (Lipinski definition) is 3. The molecule has 3 nitrogen and oxygen atoms in total. The lowest BCUT2D eigenvalue weighted by Crippen LogP contribution is -1.92. The van der Waals surface area contributed by atoms with Gasteiger partial charge in [0.1, 0.15) is 12.4 Å². The van der Waals surface area contributed by atoms with Gasteiger partial charge in [-0.1, -0.05) is 43.0 Å². The Balaban J connectivity index is 1.68. The highest BCUT2D eigenvalue weighted by atomic mass is 19.1. The number of benzene rings is 2. The molecule has 28 heavy (non-hydrogen) atoms. The fraction of sp³-hybridized carbons (Fsp3) is 0.250. The predicted molar refractivity (Wildman–Crippen MR) is 114 cm³/mol. The number of unbranched alkanes of at least 4 members (excludes halogenated alkanes) is 1. The summed E-state index contributed by atoms with van der Waals surface area (Å²) in [6.45, 7) is 5.75. The zero-order chi connectivity index (χ0) is 19.8. The number of fused-ring (bicyclic) bond motifs is 1. The lowest BCUT2D eigenvalue weighted by atomic mass is 10.1. The van der Waals surface area contributed by atoms with E-state index in [9.17, 15) is 4.39 Å². The van der Waals surface area contributed by atoms with Gasteiger partial charge in [0.15, 0.2) is 5.82 Å². The third-order valence-corrected chi connectivity index (χ3v) is 4.39. The minimum Gasteiger partial charge on any atom is -0.490 e. The molecule has 0 radical (unpaired) electrons. The fourth-order valence-electron chi connectivity index (χ4n) is 2.92. The van der Waals surface area contributed by atoms with Crippen LogP contribution >= 0.6 is 0 Å². The van der Waals surface area contributed by atoms with Crippen LogP contribution in [0.2, 0.25) is 0 Å². The summed E-state index contributed by atoms with van der Waals surface area (Å²) in [7, 11) is 0. The van der Waals surface area contributed by atoms with Gasteiger partial charge < -0.3 is 4.74 Å². The van der Waals surface area contributed by atoms with Crippen LogP contribution in [-0.4, -0.2) is 22.7 Å². The minimum atomic E-state index is -0.732. The van der Waals surface area contributed by atoms with E-state index in [4.69, 9.17) is 4.74 Å². The molecule has 1 unspecified atom stereocenters. The van der Waals surface area contributed by atoms with E-state index in [2.05, 4.69) is 28.7 Å². The normalized spacial score (nSPS) is 12.4. The summed E-state index contributed by atoms with van der Waals surface area (Å²) in [5.41, 5.74) is 1.92. The van der Waals surface area contributed by atoms with Crippen molar-refractivity contribution in [3.05, 3.63) is 73.1 Å². The average Bonchev–Trinajstić information content (AvgIpc) is 2.71. The molecule has 3 aromatic rings. The molecule has 0 aliphatic heterocycles. The Morgan fingerprint density at radius 1 is 1.11 bits per heavy atom. The van der Waals surface area contributed by atoms with E-state index in [1.165, 1.54) is 0 Å². The SMILES string of the molecule is C=CCOc1ccc2cc(-c3ncc(C=CCCCC(C)F)cn3)ccc2c1. The van der Waals surface area contributed by atoms with E-state index in [0.717, 1.165) is 40.5 Å². The van der Waals surface area contributed by atoms with Gasteiger partial charge in [-0.2, -0.15) is 0 Å². The van der Waals surface area contributed by atoms with E-state index < -0.39 is 6.17 Å².